The van der Waals surface area contributed by atoms with Gasteiger partial charge in [0.2, 0.25) is 0 Å². The third kappa shape index (κ3) is 39.9. The van der Waals surface area contributed by atoms with E-state index in [0.29, 0.717) is 37.3 Å². The largest absolute Gasteiger partial charge is 0.492 e. The zero-order chi connectivity index (χ0) is 97.4. The SMILES string of the molecule is C.C1CCOC1.CCCCCS.CCCCCSC1=CCN=C1C1CN2CCC1CC2.CCCCOC1=CCN=C1C1CN2CCC1CC2.CCCCOc1cn(COCC[Si](C)(C)C)nc1C1CN2CCC1CC2.CCCCSC1=CCN=C1C1CN2CCC1CC2.C[Si](C)(C)CCOCCl.C[Si](C)(C)CCOCn1cc(I)c(C2CN3CCC2CC3)n1.IC1=CCN=C1C1CN2CCC1CC2. The summed E-state index contributed by atoms with van der Waals surface area (Å²) in [5.41, 5.74) is 8.11. The van der Waals surface area contributed by atoms with Gasteiger partial charge >= 0.3 is 0 Å². The number of thiol groups is 1. The van der Waals surface area contributed by atoms with Crippen molar-refractivity contribution in [3.63, 3.8) is 0 Å². The van der Waals surface area contributed by atoms with Gasteiger partial charge in [-0.1, -0.05) is 158 Å². The second-order valence-corrected chi connectivity index (χ2v) is 67.5. The molecular formula is C109H193ClI2N14O6S3Si3. The molecule has 0 aliphatic carbocycles. The summed E-state index contributed by atoms with van der Waals surface area (Å²) in [4.78, 5) is 37.7. The van der Waals surface area contributed by atoms with Gasteiger partial charge in [-0.05, 0) is 341 Å². The van der Waals surface area contributed by atoms with E-state index in [-0.39, 0.29) is 7.43 Å². The maximum Gasteiger partial charge on any atom is 0.160 e. The summed E-state index contributed by atoms with van der Waals surface area (Å²) in [6.07, 6.45) is 47.5. The molecule has 2 aromatic heterocycles. The number of aromatic nitrogens is 4. The molecule has 29 heteroatoms. The molecule has 19 fully saturated rings. The highest BCUT2D eigenvalue weighted by Crippen LogP contribution is 2.46. The van der Waals surface area contributed by atoms with Gasteiger partial charge in [-0.2, -0.15) is 22.8 Å². The molecule has 25 heterocycles. The molecule has 786 valence electrons. The number of aliphatic imine (C=N–C) groups is 4. The topological polar surface area (TPSA) is 160 Å². The molecule has 0 radical (unpaired) electrons. The number of allylic oxidation sites excluding steroid dienone is 4. The minimum atomic E-state index is -1.04. The highest BCUT2D eigenvalue weighted by atomic mass is 127. The highest BCUT2D eigenvalue weighted by Gasteiger charge is 2.45. The van der Waals surface area contributed by atoms with Crippen LogP contribution in [-0.4, -0.2) is 310 Å². The molecule has 138 heavy (non-hydrogen) atoms. The van der Waals surface area contributed by atoms with E-state index in [9.17, 15) is 0 Å². The van der Waals surface area contributed by atoms with Crippen molar-refractivity contribution < 1.29 is 28.4 Å². The van der Waals surface area contributed by atoms with Crippen LogP contribution in [0.3, 0.4) is 0 Å². The van der Waals surface area contributed by atoms with Gasteiger partial charge in [0.15, 0.2) is 5.75 Å². The minimum Gasteiger partial charge on any atom is -0.492 e. The zero-order valence-corrected chi connectivity index (χ0v) is 98.9. The third-order valence-electron chi connectivity index (χ3n) is 31.1. The van der Waals surface area contributed by atoms with Crippen LogP contribution in [0.4, 0.5) is 0 Å². The molecule has 6 unspecified atom stereocenters. The molecule has 12 bridgehead atoms. The fourth-order valence-corrected chi connectivity index (χ4v) is 28.9. The summed E-state index contributed by atoms with van der Waals surface area (Å²) < 4.78 is 40.4. The minimum absolute atomic E-state index is 0. The number of nitrogens with zero attached hydrogens (tertiary/aromatic N) is 14. The lowest BCUT2D eigenvalue weighted by molar-refractivity contribution is 0.0731. The molecular weight excluding hydrogens is 2070 g/mol. The predicted molar refractivity (Wildman–Crippen MR) is 621 cm³/mol. The first-order valence-electron chi connectivity index (χ1n) is 55.1. The van der Waals surface area contributed by atoms with Crippen molar-refractivity contribution in [2.24, 2.45) is 79.1 Å². The van der Waals surface area contributed by atoms with E-state index in [4.69, 9.17) is 65.2 Å². The second-order valence-electron chi connectivity index (χ2n) is 45.4. The number of fused-ring (bicyclic) bond motifs is 18. The Labute approximate surface area is 890 Å². The van der Waals surface area contributed by atoms with Gasteiger partial charge in [0.05, 0.1) is 77.7 Å². The number of halogens is 3. The lowest BCUT2D eigenvalue weighted by Crippen LogP contribution is -2.50. The van der Waals surface area contributed by atoms with Crippen LogP contribution in [0.25, 0.3) is 0 Å². The van der Waals surface area contributed by atoms with Crippen LogP contribution in [0.2, 0.25) is 77.1 Å². The predicted octanol–water partition coefficient (Wildman–Crippen LogP) is 25.2. The molecule has 0 spiro atoms. The Hall–Kier alpha value is -1.29. The Balaban J connectivity index is 0.000000165. The van der Waals surface area contributed by atoms with E-state index >= 15 is 0 Å². The molecule has 2 aromatic rings. The van der Waals surface area contributed by atoms with Crippen LogP contribution in [0.15, 0.2) is 75.8 Å². The van der Waals surface area contributed by atoms with Crippen LogP contribution in [0.5, 0.6) is 5.75 Å². The summed E-state index contributed by atoms with van der Waals surface area (Å²) in [5.74, 6) is 15.0. The molecule has 20 nitrogen and oxygen atoms in total. The van der Waals surface area contributed by atoms with Crippen molar-refractivity contribution in [1.29, 1.82) is 0 Å². The molecule has 23 aliphatic rings. The molecule has 0 aromatic carbocycles. The number of rotatable bonds is 40. The summed E-state index contributed by atoms with van der Waals surface area (Å²) in [5, 5.41) is 9.77. The van der Waals surface area contributed by atoms with Gasteiger partial charge in [0.1, 0.15) is 31.0 Å². The lowest BCUT2D eigenvalue weighted by atomic mass is 9.76. The van der Waals surface area contributed by atoms with Gasteiger partial charge in [-0.15, -0.1) is 23.5 Å². The van der Waals surface area contributed by atoms with E-state index in [2.05, 4.69) is 234 Å². The molecule has 25 rings (SSSR count). The Morgan fingerprint density at radius 1 is 0.399 bits per heavy atom. The quantitative estimate of drug-likeness (QED) is 0.0220. The van der Waals surface area contributed by atoms with E-state index in [1.54, 1.807) is 0 Å². The smallest absolute Gasteiger partial charge is 0.160 e. The van der Waals surface area contributed by atoms with Gasteiger partial charge < -0.3 is 57.8 Å². The van der Waals surface area contributed by atoms with Crippen LogP contribution in [0, 0.1) is 62.7 Å². The standard InChI is InChI=1S/C20H37N3O2Si.C16H28IN3OSi.C16H26N2S.C15H24N2O.C15H24N2S.C11H15IN2.C6H15ClOSi.C5H12S.C4H8O.CH4/c1-5-6-11-25-19-15-23(16-24-12-13-26(2,3)4)21-20(19)18-14-22-9-7-17(18)8-10-22;1-22(2,3)9-8-21-12-20-11-15(17)16(18-20)14-10-19-6-4-13(14)5-7-19;1-2-3-4-11-19-15-5-8-17-16(15)14-12-18-9-6-13(14)7-10-18;2*1-2-3-10-18-14-4-7-16-15(14)13-11-17-8-5-12(13)6-9-17;12-10-1-4-13-11(10)9-7-14-5-2-8(9)3-6-14;1-9(2,3)5-4-8-6-7;1-2-3-4-5-6;1-2-4-5-3-1;/h15,17-18H,5-14,16H2,1-4H3;11,13-14H,4-10,12H2,1-3H3;5,13-14H,2-4,6-12H2,1H3;2*4,12-13H,2-3,5-11H2,1H3;1,8-9H,2-7H2;4-6H2,1-3H3;6H,2-5H2,1H3;1-4H2;1H4. The van der Waals surface area contributed by atoms with Gasteiger partial charge in [0, 0.05) is 152 Å². The number of hydrogen-bond donors (Lipinski definition) is 1. The van der Waals surface area contributed by atoms with Gasteiger partial charge in [0.25, 0.3) is 0 Å². The molecule has 6 atom stereocenters. The Bertz CT molecular complexity index is 3950. The molecule has 0 amide bonds. The molecule has 19 saturated heterocycles. The number of piperidine rings is 18. The van der Waals surface area contributed by atoms with Crippen LogP contribution < -0.4 is 4.74 Å². The number of hydrogen-bond acceptors (Lipinski definition) is 21. The van der Waals surface area contributed by atoms with Gasteiger partial charge in [-0.25, -0.2) is 9.36 Å². The summed E-state index contributed by atoms with van der Waals surface area (Å²) >= 11 is 18.4. The van der Waals surface area contributed by atoms with E-state index < -0.39 is 24.2 Å². The van der Waals surface area contributed by atoms with Crippen molar-refractivity contribution in [3.8, 4) is 5.75 Å². The summed E-state index contributed by atoms with van der Waals surface area (Å²) in [6, 6.07) is 3.96. The van der Waals surface area contributed by atoms with Crippen LogP contribution >= 0.6 is 92.9 Å². The first-order chi connectivity index (χ1) is 66.3. The molecule has 23 aliphatic heterocycles. The first-order valence-corrected chi connectivity index (χ1v) is 71.5. The van der Waals surface area contributed by atoms with Crippen LogP contribution in [-0.2, 0) is 37.1 Å². The average Bonchev–Trinajstić information content (AvgIpc) is 1.65. The Morgan fingerprint density at radius 2 is 0.746 bits per heavy atom. The maximum atomic E-state index is 6.13. The van der Waals surface area contributed by atoms with E-state index in [1.807, 2.05) is 21.1 Å². The van der Waals surface area contributed by atoms with Crippen molar-refractivity contribution in [1.82, 2.24) is 49.0 Å². The van der Waals surface area contributed by atoms with Crippen molar-refractivity contribution in [3.05, 3.63) is 70.8 Å². The zero-order valence-electron chi connectivity index (χ0n) is 88.3. The average molecular weight is 2270 g/mol. The normalized spacial score (nSPS) is 29.1. The molecule has 0 saturated carbocycles. The number of thioether (sulfide) groups is 2. The number of alkyl halides is 1. The monoisotopic (exact) mass is 2260 g/mol. The third-order valence-corrected chi connectivity index (χ3v) is 40.8. The summed E-state index contributed by atoms with van der Waals surface area (Å²) in [6.45, 7) is 66.4. The maximum absolute atomic E-state index is 6.13. The fourth-order valence-electron chi connectivity index (χ4n) is 22.3. The number of ether oxygens (including phenoxy) is 6. The summed E-state index contributed by atoms with van der Waals surface area (Å²) in [7, 11) is -2.92. The van der Waals surface area contributed by atoms with Crippen LogP contribution in [0.1, 0.15) is 232 Å². The van der Waals surface area contributed by atoms with E-state index in [0.717, 1.165) is 169 Å². The van der Waals surface area contributed by atoms with Crippen molar-refractivity contribution >= 4 is 140 Å². The Kier molecular flexibility index (Phi) is 54.7. The van der Waals surface area contributed by atoms with E-state index in [1.165, 1.54) is 340 Å². The second kappa shape index (κ2) is 63.6. The first kappa shape index (κ1) is 119. The van der Waals surface area contributed by atoms with Gasteiger partial charge in [-0.3, -0.25) is 20.0 Å². The molecule has 0 N–H and O–H groups in total. The lowest BCUT2D eigenvalue weighted by Gasteiger charge is -2.45. The van der Waals surface area contributed by atoms with Crippen molar-refractivity contribution in [2.75, 3.05) is 214 Å². The number of unbranched alkanes of at least 4 members (excludes halogenated alkanes) is 7. The van der Waals surface area contributed by atoms with Crippen molar-refractivity contribution in [2.45, 2.75) is 311 Å². The Morgan fingerprint density at radius 3 is 1.12 bits per heavy atom. The fraction of sp³-hybridized carbons (Fsp3) is 0.835. The highest BCUT2D eigenvalue weighted by molar-refractivity contribution is 14.1.